The molecule has 0 aromatic rings. The van der Waals surface area contributed by atoms with Crippen LogP contribution in [0, 0.1) is 5.41 Å². The topological polar surface area (TPSA) is 87.9 Å². The van der Waals surface area contributed by atoms with Gasteiger partial charge in [-0.15, -0.1) is 5.73 Å². The standard InChI is InChI=1S/C13H20N4/c1-5-9(3)7-8-17-10(4)12(13(15)16)11(14)6-2/h7-8,17H,2-3,5,14H2,1,4H3,(H3,15,16)/b8-7-,12-10-. The molecule has 17 heavy (non-hydrogen) atoms. The molecule has 0 spiro atoms. The quantitative estimate of drug-likeness (QED) is 0.244. The van der Waals surface area contributed by atoms with Gasteiger partial charge in [-0.2, -0.15) is 0 Å². The summed E-state index contributed by atoms with van der Waals surface area (Å²) < 4.78 is 0. The van der Waals surface area contributed by atoms with E-state index >= 15 is 0 Å². The van der Waals surface area contributed by atoms with Crippen LogP contribution in [-0.2, 0) is 0 Å². The summed E-state index contributed by atoms with van der Waals surface area (Å²) in [4.78, 5) is 0. The van der Waals surface area contributed by atoms with E-state index in [0.717, 1.165) is 12.0 Å². The maximum atomic E-state index is 7.44. The van der Waals surface area contributed by atoms with E-state index in [1.165, 1.54) is 0 Å². The SMILES string of the molecule is C=C=C(N)/C(C(=N)N)=C(\C)N/C=C\C(=C)CC. The minimum atomic E-state index is -0.119. The van der Waals surface area contributed by atoms with Crippen molar-refractivity contribution in [1.82, 2.24) is 5.32 Å². The van der Waals surface area contributed by atoms with Crippen LogP contribution in [0.15, 0.2) is 53.7 Å². The van der Waals surface area contributed by atoms with Gasteiger partial charge in [0.25, 0.3) is 0 Å². The molecule has 0 bridgehead atoms. The van der Waals surface area contributed by atoms with E-state index in [-0.39, 0.29) is 11.5 Å². The average Bonchev–Trinajstić information content (AvgIpc) is 2.28. The highest BCUT2D eigenvalue weighted by atomic mass is 14.9. The minimum absolute atomic E-state index is 0.119. The Bertz CT molecular complexity index is 421. The predicted octanol–water partition coefficient (Wildman–Crippen LogP) is 1.89. The van der Waals surface area contributed by atoms with Crippen molar-refractivity contribution >= 4 is 5.84 Å². The van der Waals surface area contributed by atoms with Crippen molar-refractivity contribution in [2.45, 2.75) is 20.3 Å². The molecule has 6 N–H and O–H groups in total. The van der Waals surface area contributed by atoms with Crippen LogP contribution in [0.4, 0.5) is 0 Å². The molecule has 0 fully saturated rings. The van der Waals surface area contributed by atoms with Crippen LogP contribution < -0.4 is 16.8 Å². The first-order valence-electron chi connectivity index (χ1n) is 5.26. The molecular weight excluding hydrogens is 212 g/mol. The summed E-state index contributed by atoms with van der Waals surface area (Å²) in [5.41, 5.74) is 16.0. The molecule has 0 atom stereocenters. The summed E-state index contributed by atoms with van der Waals surface area (Å²) in [5.74, 6) is -0.119. The Balaban J connectivity index is 5.00. The maximum Gasteiger partial charge on any atom is 0.127 e. The zero-order valence-corrected chi connectivity index (χ0v) is 10.4. The molecule has 0 aliphatic heterocycles. The van der Waals surface area contributed by atoms with Gasteiger partial charge in [-0.3, -0.25) is 5.41 Å². The number of nitrogens with one attached hydrogen (secondary N) is 2. The Morgan fingerprint density at radius 1 is 1.47 bits per heavy atom. The Morgan fingerprint density at radius 2 is 2.06 bits per heavy atom. The first kappa shape index (κ1) is 14.8. The molecule has 0 aromatic heterocycles. The lowest BCUT2D eigenvalue weighted by Gasteiger charge is -2.09. The van der Waals surface area contributed by atoms with Gasteiger partial charge >= 0.3 is 0 Å². The summed E-state index contributed by atoms with van der Waals surface area (Å²) in [7, 11) is 0. The summed E-state index contributed by atoms with van der Waals surface area (Å²) >= 11 is 0. The van der Waals surface area contributed by atoms with Crippen molar-refractivity contribution < 1.29 is 0 Å². The monoisotopic (exact) mass is 232 g/mol. The van der Waals surface area contributed by atoms with Crippen LogP contribution in [0.5, 0.6) is 0 Å². The molecular formula is C13H20N4. The molecule has 4 nitrogen and oxygen atoms in total. The molecule has 0 saturated heterocycles. The largest absolute Gasteiger partial charge is 0.392 e. The fourth-order valence-electron chi connectivity index (χ4n) is 1.11. The lowest BCUT2D eigenvalue weighted by molar-refractivity contribution is 1.03. The van der Waals surface area contributed by atoms with E-state index in [4.69, 9.17) is 16.9 Å². The summed E-state index contributed by atoms with van der Waals surface area (Å²) in [6.45, 7) is 11.1. The van der Waals surface area contributed by atoms with Crippen molar-refractivity contribution in [3.8, 4) is 0 Å². The molecule has 0 aromatic carbocycles. The second-order valence-corrected chi connectivity index (χ2v) is 3.49. The number of nitrogens with two attached hydrogens (primary N) is 2. The summed E-state index contributed by atoms with van der Waals surface area (Å²) in [6, 6.07) is 0. The molecule has 92 valence electrons. The summed E-state index contributed by atoms with van der Waals surface area (Å²) in [5, 5.41) is 10.4. The maximum absolute atomic E-state index is 7.44. The molecule has 0 aliphatic rings. The van der Waals surface area contributed by atoms with Gasteiger partial charge in [-0.1, -0.05) is 25.7 Å². The van der Waals surface area contributed by atoms with E-state index in [9.17, 15) is 0 Å². The Labute approximate surface area is 103 Å². The van der Waals surface area contributed by atoms with E-state index in [0.29, 0.717) is 11.3 Å². The van der Waals surface area contributed by atoms with E-state index in [2.05, 4.69) is 24.2 Å². The van der Waals surface area contributed by atoms with Gasteiger partial charge in [0, 0.05) is 11.9 Å². The van der Waals surface area contributed by atoms with Crippen LogP contribution in [0.3, 0.4) is 0 Å². The number of hydrogen-bond acceptors (Lipinski definition) is 3. The van der Waals surface area contributed by atoms with Gasteiger partial charge in [-0.05, 0) is 19.4 Å². The van der Waals surface area contributed by atoms with Crippen molar-refractivity contribution in [3.05, 3.63) is 53.7 Å². The highest BCUT2D eigenvalue weighted by molar-refractivity contribution is 5.99. The third-order valence-corrected chi connectivity index (χ3v) is 2.18. The second kappa shape index (κ2) is 7.14. The zero-order chi connectivity index (χ0) is 13.4. The second-order valence-electron chi connectivity index (χ2n) is 3.49. The third kappa shape index (κ3) is 4.91. The smallest absolute Gasteiger partial charge is 0.127 e. The zero-order valence-electron chi connectivity index (χ0n) is 10.4. The Hall–Kier alpha value is -2.19. The van der Waals surface area contributed by atoms with Gasteiger partial charge in [0.1, 0.15) is 5.84 Å². The number of allylic oxidation sites excluding steroid dienone is 3. The number of hydrogen-bond donors (Lipinski definition) is 4. The van der Waals surface area contributed by atoms with Crippen LogP contribution in [0.25, 0.3) is 0 Å². The molecule has 0 amide bonds. The summed E-state index contributed by atoms with van der Waals surface area (Å²) in [6.07, 6.45) is 4.48. The van der Waals surface area contributed by atoms with Crippen molar-refractivity contribution in [2.75, 3.05) is 0 Å². The van der Waals surface area contributed by atoms with E-state index < -0.39 is 0 Å². The van der Waals surface area contributed by atoms with Gasteiger partial charge < -0.3 is 16.8 Å². The van der Waals surface area contributed by atoms with Crippen molar-refractivity contribution in [3.63, 3.8) is 0 Å². The highest BCUT2D eigenvalue weighted by Crippen LogP contribution is 2.07. The van der Waals surface area contributed by atoms with Gasteiger partial charge in [0.2, 0.25) is 0 Å². The molecule has 0 unspecified atom stereocenters. The molecule has 0 radical (unpaired) electrons. The predicted molar refractivity (Wildman–Crippen MR) is 73.2 cm³/mol. The number of rotatable bonds is 6. The van der Waals surface area contributed by atoms with Gasteiger partial charge in [-0.25, -0.2) is 0 Å². The Kier molecular flexibility index (Phi) is 6.22. The first-order valence-corrected chi connectivity index (χ1v) is 5.26. The van der Waals surface area contributed by atoms with Crippen LogP contribution in [-0.4, -0.2) is 5.84 Å². The van der Waals surface area contributed by atoms with Gasteiger partial charge in [0.05, 0.1) is 11.3 Å². The average molecular weight is 232 g/mol. The van der Waals surface area contributed by atoms with Crippen LogP contribution in [0.1, 0.15) is 20.3 Å². The third-order valence-electron chi connectivity index (χ3n) is 2.18. The lowest BCUT2D eigenvalue weighted by Crippen LogP contribution is -2.22. The van der Waals surface area contributed by atoms with Crippen LogP contribution in [0.2, 0.25) is 0 Å². The van der Waals surface area contributed by atoms with Crippen LogP contribution >= 0.6 is 0 Å². The van der Waals surface area contributed by atoms with Gasteiger partial charge in [0.15, 0.2) is 0 Å². The number of amidine groups is 1. The Morgan fingerprint density at radius 3 is 2.47 bits per heavy atom. The van der Waals surface area contributed by atoms with E-state index in [1.54, 1.807) is 13.1 Å². The lowest BCUT2D eigenvalue weighted by atomic mass is 10.1. The molecule has 0 rings (SSSR count). The first-order chi connectivity index (χ1) is 7.93. The van der Waals surface area contributed by atoms with E-state index in [1.807, 2.05) is 13.0 Å². The molecule has 4 heteroatoms. The molecule has 0 saturated carbocycles. The molecule has 0 heterocycles. The minimum Gasteiger partial charge on any atom is -0.392 e. The molecule has 0 aliphatic carbocycles. The fraction of sp³-hybridized carbons (Fsp3) is 0.231. The highest BCUT2D eigenvalue weighted by Gasteiger charge is 2.08. The fourth-order valence-corrected chi connectivity index (χ4v) is 1.11. The normalized spacial score (nSPS) is 11.6. The van der Waals surface area contributed by atoms with Crippen molar-refractivity contribution in [2.24, 2.45) is 11.5 Å². The van der Waals surface area contributed by atoms with Crippen molar-refractivity contribution in [1.29, 1.82) is 5.41 Å².